The number of para-hydroxylation sites is 1. The molecule has 1 aromatic heterocycles. The number of aromatic nitrogens is 1. The van der Waals surface area contributed by atoms with Crippen LogP contribution >= 0.6 is 0 Å². The molecule has 106 valence electrons. The lowest BCUT2D eigenvalue weighted by Gasteiger charge is -2.15. The fourth-order valence-electron chi connectivity index (χ4n) is 2.15. The quantitative estimate of drug-likeness (QED) is 0.754. The summed E-state index contributed by atoms with van der Waals surface area (Å²) < 4.78 is 0. The number of aliphatic hydroxyl groups excluding tert-OH is 1. The van der Waals surface area contributed by atoms with Crippen LogP contribution in [0.25, 0.3) is 10.9 Å². The highest BCUT2D eigenvalue weighted by Gasteiger charge is 2.15. The lowest BCUT2D eigenvalue weighted by Crippen LogP contribution is -2.20. The molecule has 2 aromatic rings. The molecule has 5 nitrogen and oxygen atoms in total. The second-order valence-electron chi connectivity index (χ2n) is 4.69. The van der Waals surface area contributed by atoms with Gasteiger partial charge in [-0.2, -0.15) is 0 Å². The van der Waals surface area contributed by atoms with E-state index in [1.165, 1.54) is 6.20 Å². The Bertz CT molecular complexity index is 613. The lowest BCUT2D eigenvalue weighted by molar-refractivity contribution is 0.0697. The van der Waals surface area contributed by atoms with Crippen LogP contribution in [-0.2, 0) is 0 Å². The van der Waals surface area contributed by atoms with Crippen molar-refractivity contribution in [2.45, 2.75) is 25.9 Å². The molecule has 0 aliphatic rings. The Balaban J connectivity index is 2.37. The number of carboxylic acids is 1. The zero-order chi connectivity index (χ0) is 14.5. The lowest BCUT2D eigenvalue weighted by atomic mass is 10.1. The number of hydrogen-bond donors (Lipinski definition) is 3. The van der Waals surface area contributed by atoms with Gasteiger partial charge < -0.3 is 15.5 Å². The van der Waals surface area contributed by atoms with Crippen molar-refractivity contribution in [2.75, 3.05) is 11.9 Å². The van der Waals surface area contributed by atoms with Gasteiger partial charge >= 0.3 is 5.97 Å². The van der Waals surface area contributed by atoms with Crippen molar-refractivity contribution in [1.82, 2.24) is 4.98 Å². The van der Waals surface area contributed by atoms with E-state index >= 15 is 0 Å². The van der Waals surface area contributed by atoms with E-state index in [1.54, 1.807) is 0 Å². The molecule has 1 aromatic carbocycles. The average molecular weight is 274 g/mol. The second-order valence-corrected chi connectivity index (χ2v) is 4.69. The van der Waals surface area contributed by atoms with Gasteiger partial charge in [-0.05, 0) is 12.5 Å². The molecule has 0 amide bonds. The van der Waals surface area contributed by atoms with E-state index in [2.05, 4.69) is 10.3 Å². The van der Waals surface area contributed by atoms with Crippen molar-refractivity contribution in [3.05, 3.63) is 36.0 Å². The topological polar surface area (TPSA) is 82.5 Å². The van der Waals surface area contributed by atoms with Crippen LogP contribution in [0.5, 0.6) is 0 Å². The molecule has 0 fully saturated rings. The highest BCUT2D eigenvalue weighted by Crippen LogP contribution is 2.26. The van der Waals surface area contributed by atoms with E-state index in [0.29, 0.717) is 18.7 Å². The predicted octanol–water partition coefficient (Wildman–Crippen LogP) is 2.51. The zero-order valence-electron chi connectivity index (χ0n) is 11.3. The van der Waals surface area contributed by atoms with Crippen molar-refractivity contribution in [3.63, 3.8) is 0 Å². The minimum absolute atomic E-state index is 0.118. The maximum absolute atomic E-state index is 11.3. The van der Waals surface area contributed by atoms with Gasteiger partial charge in [-0.1, -0.05) is 31.5 Å². The minimum Gasteiger partial charge on any atom is -0.478 e. The summed E-state index contributed by atoms with van der Waals surface area (Å²) in [6.45, 7) is 2.32. The summed E-state index contributed by atoms with van der Waals surface area (Å²) >= 11 is 0. The molecule has 0 bridgehead atoms. The Kier molecular flexibility index (Phi) is 4.53. The molecule has 1 atom stereocenters. The number of rotatable bonds is 6. The van der Waals surface area contributed by atoms with E-state index in [4.69, 9.17) is 0 Å². The van der Waals surface area contributed by atoms with E-state index in [9.17, 15) is 15.0 Å². The van der Waals surface area contributed by atoms with Crippen LogP contribution < -0.4 is 5.32 Å². The summed E-state index contributed by atoms with van der Waals surface area (Å²) in [6.07, 6.45) is 2.41. The smallest absolute Gasteiger partial charge is 0.339 e. The molecule has 1 unspecified atom stereocenters. The van der Waals surface area contributed by atoms with Crippen molar-refractivity contribution >= 4 is 22.6 Å². The number of carbonyl (C=O) groups is 1. The summed E-state index contributed by atoms with van der Waals surface area (Å²) in [4.78, 5) is 15.4. The van der Waals surface area contributed by atoms with Crippen LogP contribution in [-0.4, -0.2) is 33.8 Å². The number of pyridine rings is 1. The van der Waals surface area contributed by atoms with Crippen LogP contribution in [0.2, 0.25) is 0 Å². The minimum atomic E-state index is -1.03. The van der Waals surface area contributed by atoms with Gasteiger partial charge in [0, 0.05) is 18.1 Å². The molecule has 2 rings (SSSR count). The standard InChI is InChI=1S/C15H18N2O3/c1-2-5-10(18)8-17-14-11-6-3-4-7-13(11)16-9-12(14)15(19)20/h3-4,6-7,9-10,18H,2,5,8H2,1H3,(H,16,17)(H,19,20). The molecule has 0 aliphatic carbocycles. The van der Waals surface area contributed by atoms with E-state index in [1.807, 2.05) is 31.2 Å². The monoisotopic (exact) mass is 274 g/mol. The summed E-state index contributed by atoms with van der Waals surface area (Å²) in [5, 5.41) is 22.8. The van der Waals surface area contributed by atoms with Gasteiger partial charge in [-0.25, -0.2) is 4.79 Å². The van der Waals surface area contributed by atoms with Gasteiger partial charge in [0.1, 0.15) is 5.56 Å². The van der Waals surface area contributed by atoms with E-state index in [-0.39, 0.29) is 5.56 Å². The van der Waals surface area contributed by atoms with Gasteiger partial charge in [0.25, 0.3) is 0 Å². The number of aromatic carboxylic acids is 1. The Labute approximate surface area is 117 Å². The first-order valence-corrected chi connectivity index (χ1v) is 6.66. The molecule has 3 N–H and O–H groups in total. The number of nitrogens with zero attached hydrogens (tertiary/aromatic N) is 1. The first-order chi connectivity index (χ1) is 9.63. The number of aliphatic hydroxyl groups is 1. The Morgan fingerprint density at radius 3 is 2.85 bits per heavy atom. The first-order valence-electron chi connectivity index (χ1n) is 6.66. The van der Waals surface area contributed by atoms with Crippen molar-refractivity contribution in [3.8, 4) is 0 Å². The molecule has 5 heteroatoms. The molecular formula is C15H18N2O3. The van der Waals surface area contributed by atoms with Crippen LogP contribution in [0.15, 0.2) is 30.5 Å². The molecular weight excluding hydrogens is 256 g/mol. The SMILES string of the molecule is CCCC(O)CNc1c(C(=O)O)cnc2ccccc12. The molecule has 1 heterocycles. The maximum atomic E-state index is 11.3. The number of hydrogen-bond acceptors (Lipinski definition) is 4. The summed E-state index contributed by atoms with van der Waals surface area (Å²) in [7, 11) is 0. The average Bonchev–Trinajstić information content (AvgIpc) is 2.44. The highest BCUT2D eigenvalue weighted by molar-refractivity contribution is 6.04. The van der Waals surface area contributed by atoms with Crippen molar-refractivity contribution in [2.24, 2.45) is 0 Å². The number of carboxylic acid groups (broad SMARTS) is 1. The van der Waals surface area contributed by atoms with Gasteiger partial charge in [-0.15, -0.1) is 0 Å². The number of nitrogens with one attached hydrogen (secondary N) is 1. The first kappa shape index (κ1) is 14.3. The summed E-state index contributed by atoms with van der Waals surface area (Å²) in [5.41, 5.74) is 1.36. The largest absolute Gasteiger partial charge is 0.478 e. The fraction of sp³-hybridized carbons (Fsp3) is 0.333. The molecule has 0 radical (unpaired) electrons. The molecule has 20 heavy (non-hydrogen) atoms. The second kappa shape index (κ2) is 6.34. The van der Waals surface area contributed by atoms with Crippen molar-refractivity contribution < 1.29 is 15.0 Å². The Morgan fingerprint density at radius 1 is 1.40 bits per heavy atom. The number of anilines is 1. The van der Waals surface area contributed by atoms with Crippen LogP contribution in [0.3, 0.4) is 0 Å². The third-order valence-electron chi connectivity index (χ3n) is 3.14. The molecule has 0 aliphatic heterocycles. The summed E-state index contributed by atoms with van der Waals surface area (Å²) in [5.74, 6) is -1.03. The van der Waals surface area contributed by atoms with Gasteiger partial charge in [0.15, 0.2) is 0 Å². The van der Waals surface area contributed by atoms with Gasteiger partial charge in [0.05, 0.1) is 17.3 Å². The molecule has 0 spiro atoms. The van der Waals surface area contributed by atoms with E-state index < -0.39 is 12.1 Å². The fourth-order valence-corrected chi connectivity index (χ4v) is 2.15. The Morgan fingerprint density at radius 2 is 2.15 bits per heavy atom. The maximum Gasteiger partial charge on any atom is 0.339 e. The molecule has 0 saturated carbocycles. The van der Waals surface area contributed by atoms with Gasteiger partial charge in [-0.3, -0.25) is 4.98 Å². The Hall–Kier alpha value is -2.14. The van der Waals surface area contributed by atoms with Crippen LogP contribution in [0.1, 0.15) is 30.1 Å². The van der Waals surface area contributed by atoms with Crippen LogP contribution in [0.4, 0.5) is 5.69 Å². The van der Waals surface area contributed by atoms with E-state index in [0.717, 1.165) is 17.3 Å². The third kappa shape index (κ3) is 3.05. The van der Waals surface area contributed by atoms with Crippen molar-refractivity contribution in [1.29, 1.82) is 0 Å². The number of fused-ring (bicyclic) bond motifs is 1. The molecule has 0 saturated heterocycles. The van der Waals surface area contributed by atoms with Crippen LogP contribution in [0, 0.1) is 0 Å². The predicted molar refractivity (Wildman–Crippen MR) is 78.1 cm³/mol. The third-order valence-corrected chi connectivity index (χ3v) is 3.14. The van der Waals surface area contributed by atoms with Gasteiger partial charge in [0.2, 0.25) is 0 Å². The highest BCUT2D eigenvalue weighted by atomic mass is 16.4. The zero-order valence-corrected chi connectivity index (χ0v) is 11.3. The number of benzene rings is 1. The summed E-state index contributed by atoms with van der Waals surface area (Å²) in [6, 6.07) is 7.34. The normalized spacial score (nSPS) is 12.3.